The van der Waals surface area contributed by atoms with Crippen molar-refractivity contribution in [1.29, 1.82) is 5.26 Å². The second-order valence-corrected chi connectivity index (χ2v) is 4.15. The lowest BCUT2D eigenvalue weighted by Gasteiger charge is -2.23. The minimum Gasteiger partial charge on any atom is -0.382 e. The maximum atomic E-state index is 11.1. The lowest BCUT2D eigenvalue weighted by atomic mass is 9.94. The van der Waals surface area contributed by atoms with Gasteiger partial charge in [-0.1, -0.05) is 0 Å². The summed E-state index contributed by atoms with van der Waals surface area (Å²) in [6, 6.07) is 9.91. The van der Waals surface area contributed by atoms with Crippen LogP contribution < -0.4 is 5.32 Å². The molecule has 1 aliphatic rings. The van der Waals surface area contributed by atoms with Crippen molar-refractivity contribution in [3.63, 3.8) is 0 Å². The molecule has 1 aromatic rings. The quantitative estimate of drug-likeness (QED) is 0.822. The highest BCUT2D eigenvalue weighted by molar-refractivity contribution is 5.79. The summed E-state index contributed by atoms with van der Waals surface area (Å²) in [7, 11) is 0. The van der Waals surface area contributed by atoms with Crippen LogP contribution in [0.1, 0.15) is 31.2 Å². The van der Waals surface area contributed by atoms with Gasteiger partial charge in [0.15, 0.2) is 0 Å². The van der Waals surface area contributed by atoms with Gasteiger partial charge in [-0.15, -0.1) is 0 Å². The number of nitriles is 1. The molecular weight excluding hydrogens is 200 g/mol. The van der Waals surface area contributed by atoms with Gasteiger partial charge in [-0.25, -0.2) is 0 Å². The number of Topliss-reactive ketones (excluding diaryl/α,β-unsaturated/α-hetero) is 1. The Hall–Kier alpha value is -1.82. The summed E-state index contributed by atoms with van der Waals surface area (Å²) >= 11 is 0. The molecule has 0 spiro atoms. The first-order valence-corrected chi connectivity index (χ1v) is 5.56. The van der Waals surface area contributed by atoms with Crippen LogP contribution in [0.4, 0.5) is 5.69 Å². The molecule has 1 aliphatic carbocycles. The van der Waals surface area contributed by atoms with E-state index in [-0.39, 0.29) is 0 Å². The average molecular weight is 214 g/mol. The van der Waals surface area contributed by atoms with Crippen LogP contribution in [0.15, 0.2) is 24.3 Å². The van der Waals surface area contributed by atoms with E-state index in [2.05, 4.69) is 11.4 Å². The van der Waals surface area contributed by atoms with Crippen molar-refractivity contribution >= 4 is 11.5 Å². The zero-order valence-electron chi connectivity index (χ0n) is 9.07. The van der Waals surface area contributed by atoms with E-state index in [9.17, 15) is 4.79 Å². The molecule has 0 radical (unpaired) electrons. The number of benzene rings is 1. The van der Waals surface area contributed by atoms with Gasteiger partial charge in [-0.3, -0.25) is 4.79 Å². The van der Waals surface area contributed by atoms with Crippen molar-refractivity contribution in [2.75, 3.05) is 5.32 Å². The third-order valence-corrected chi connectivity index (χ3v) is 2.93. The van der Waals surface area contributed by atoms with E-state index in [1.54, 1.807) is 12.1 Å². The lowest BCUT2D eigenvalue weighted by molar-refractivity contribution is -0.120. The van der Waals surface area contributed by atoms with Crippen molar-refractivity contribution in [1.82, 2.24) is 0 Å². The largest absolute Gasteiger partial charge is 0.382 e. The Kier molecular flexibility index (Phi) is 3.21. The molecule has 82 valence electrons. The molecule has 1 aromatic carbocycles. The SMILES string of the molecule is N#Cc1ccc(NC2CCC(=O)CC2)cc1. The van der Waals surface area contributed by atoms with Gasteiger partial charge in [0.25, 0.3) is 0 Å². The van der Waals surface area contributed by atoms with Crippen molar-refractivity contribution in [3.05, 3.63) is 29.8 Å². The molecule has 3 heteroatoms. The summed E-state index contributed by atoms with van der Waals surface area (Å²) in [6.45, 7) is 0. The van der Waals surface area contributed by atoms with E-state index >= 15 is 0 Å². The normalized spacial score (nSPS) is 16.8. The monoisotopic (exact) mass is 214 g/mol. The van der Waals surface area contributed by atoms with Crippen LogP contribution in [-0.4, -0.2) is 11.8 Å². The molecule has 0 aliphatic heterocycles. The van der Waals surface area contributed by atoms with Gasteiger partial charge in [-0.2, -0.15) is 5.26 Å². The first-order valence-electron chi connectivity index (χ1n) is 5.56. The number of hydrogen-bond acceptors (Lipinski definition) is 3. The smallest absolute Gasteiger partial charge is 0.133 e. The molecule has 3 nitrogen and oxygen atoms in total. The van der Waals surface area contributed by atoms with Gasteiger partial charge < -0.3 is 5.32 Å². The highest BCUT2D eigenvalue weighted by Gasteiger charge is 2.17. The third-order valence-electron chi connectivity index (χ3n) is 2.93. The van der Waals surface area contributed by atoms with Crippen LogP contribution in [-0.2, 0) is 4.79 Å². The van der Waals surface area contributed by atoms with Crippen LogP contribution >= 0.6 is 0 Å². The van der Waals surface area contributed by atoms with Crippen LogP contribution in [0.3, 0.4) is 0 Å². The Morgan fingerprint density at radius 3 is 2.38 bits per heavy atom. The fourth-order valence-corrected chi connectivity index (χ4v) is 1.96. The first kappa shape index (κ1) is 10.7. The van der Waals surface area contributed by atoms with Gasteiger partial charge in [0.1, 0.15) is 5.78 Å². The number of rotatable bonds is 2. The first-order chi connectivity index (χ1) is 7.78. The van der Waals surface area contributed by atoms with Crippen molar-refractivity contribution < 1.29 is 4.79 Å². The predicted octanol–water partition coefficient (Wildman–Crippen LogP) is 2.48. The van der Waals surface area contributed by atoms with Gasteiger partial charge in [-0.05, 0) is 37.1 Å². The lowest BCUT2D eigenvalue weighted by Crippen LogP contribution is -2.25. The second-order valence-electron chi connectivity index (χ2n) is 4.15. The van der Waals surface area contributed by atoms with Crippen molar-refractivity contribution in [3.8, 4) is 6.07 Å². The summed E-state index contributed by atoms with van der Waals surface area (Å²) in [6.07, 6.45) is 3.21. The van der Waals surface area contributed by atoms with Crippen molar-refractivity contribution in [2.24, 2.45) is 0 Å². The average Bonchev–Trinajstić information content (AvgIpc) is 2.33. The fourth-order valence-electron chi connectivity index (χ4n) is 1.96. The van der Waals surface area contributed by atoms with Crippen molar-refractivity contribution in [2.45, 2.75) is 31.7 Å². The number of carbonyl (C=O) groups excluding carboxylic acids is 1. The van der Waals surface area contributed by atoms with Gasteiger partial charge >= 0.3 is 0 Å². The molecule has 1 saturated carbocycles. The molecule has 2 rings (SSSR count). The van der Waals surface area contributed by atoms with Gasteiger partial charge in [0.2, 0.25) is 0 Å². The van der Waals surface area contributed by atoms with Gasteiger partial charge in [0.05, 0.1) is 11.6 Å². The van der Waals surface area contributed by atoms with E-state index in [1.165, 1.54) is 0 Å². The number of nitrogens with zero attached hydrogens (tertiary/aromatic N) is 1. The predicted molar refractivity (Wildman–Crippen MR) is 62.0 cm³/mol. The van der Waals surface area contributed by atoms with Crippen LogP contribution in [0.5, 0.6) is 0 Å². The van der Waals surface area contributed by atoms with Gasteiger partial charge in [0, 0.05) is 24.6 Å². The van der Waals surface area contributed by atoms with E-state index in [4.69, 9.17) is 5.26 Å². The molecule has 0 saturated heterocycles. The Morgan fingerprint density at radius 1 is 1.19 bits per heavy atom. The topological polar surface area (TPSA) is 52.9 Å². The molecule has 0 amide bonds. The molecule has 0 unspecified atom stereocenters. The number of anilines is 1. The zero-order chi connectivity index (χ0) is 11.4. The second kappa shape index (κ2) is 4.80. The maximum Gasteiger partial charge on any atom is 0.133 e. The molecule has 0 aromatic heterocycles. The summed E-state index contributed by atoms with van der Waals surface area (Å²) < 4.78 is 0. The Morgan fingerprint density at radius 2 is 1.81 bits per heavy atom. The van der Waals surface area contributed by atoms with Crippen LogP contribution in [0.2, 0.25) is 0 Å². The molecule has 16 heavy (non-hydrogen) atoms. The van der Waals surface area contributed by atoms with Crippen LogP contribution in [0, 0.1) is 11.3 Å². The Balaban J connectivity index is 1.94. The number of hydrogen-bond donors (Lipinski definition) is 1. The fraction of sp³-hybridized carbons (Fsp3) is 0.385. The third kappa shape index (κ3) is 2.60. The maximum absolute atomic E-state index is 11.1. The molecule has 0 bridgehead atoms. The molecule has 0 heterocycles. The molecule has 0 atom stereocenters. The highest BCUT2D eigenvalue weighted by atomic mass is 16.1. The molecule has 1 N–H and O–H groups in total. The van der Waals surface area contributed by atoms with Crippen LogP contribution in [0.25, 0.3) is 0 Å². The zero-order valence-corrected chi connectivity index (χ0v) is 9.07. The van der Waals surface area contributed by atoms with E-state index in [1.807, 2.05) is 12.1 Å². The highest BCUT2D eigenvalue weighted by Crippen LogP contribution is 2.19. The summed E-state index contributed by atoms with van der Waals surface area (Å²) in [5, 5.41) is 12.1. The number of carbonyl (C=O) groups is 1. The number of ketones is 1. The standard InChI is InChI=1S/C13H14N2O/c14-9-10-1-3-11(4-2-10)15-12-5-7-13(16)8-6-12/h1-4,12,15H,5-8H2. The Bertz CT molecular complexity index is 407. The summed E-state index contributed by atoms with van der Waals surface area (Å²) in [4.78, 5) is 11.1. The Labute approximate surface area is 95.1 Å². The molecule has 1 fully saturated rings. The molecular formula is C13H14N2O. The number of nitrogens with one attached hydrogen (secondary N) is 1. The summed E-state index contributed by atoms with van der Waals surface area (Å²) in [5.74, 6) is 0.373. The summed E-state index contributed by atoms with van der Waals surface area (Å²) in [5.41, 5.74) is 1.70. The van der Waals surface area contributed by atoms with E-state index in [0.717, 1.165) is 18.5 Å². The van der Waals surface area contributed by atoms with E-state index < -0.39 is 0 Å². The minimum absolute atomic E-state index is 0.373. The van der Waals surface area contributed by atoms with E-state index in [0.29, 0.717) is 30.2 Å². The minimum atomic E-state index is 0.373.